The largest absolute Gasteiger partial charge is 0.481 e. The summed E-state index contributed by atoms with van der Waals surface area (Å²) in [5, 5.41) is 14.5. The molecule has 0 saturated heterocycles. The molecule has 2 unspecified atom stereocenters. The maximum atomic E-state index is 11.7. The third-order valence-electron chi connectivity index (χ3n) is 2.92. The monoisotopic (exact) mass is 294 g/mol. The van der Waals surface area contributed by atoms with E-state index in [1.165, 1.54) is 0 Å². The lowest BCUT2D eigenvalue weighted by molar-refractivity contribution is -0.138. The van der Waals surface area contributed by atoms with Gasteiger partial charge in [0.15, 0.2) is 0 Å². The number of carbonyl (C=O) groups excluding carboxylic acids is 1. The van der Waals surface area contributed by atoms with Crippen molar-refractivity contribution < 1.29 is 19.4 Å². The van der Waals surface area contributed by atoms with Crippen molar-refractivity contribution in [3.05, 3.63) is 35.9 Å². The van der Waals surface area contributed by atoms with Gasteiger partial charge in [-0.15, -0.1) is 0 Å². The van der Waals surface area contributed by atoms with Gasteiger partial charge in [0.2, 0.25) is 0 Å². The minimum atomic E-state index is -0.969. The minimum Gasteiger partial charge on any atom is -0.481 e. The fourth-order valence-electron chi connectivity index (χ4n) is 1.84. The number of hydrogen-bond donors (Lipinski definition) is 3. The number of carbonyl (C=O) groups is 2. The first-order chi connectivity index (χ1) is 10.0. The Bertz CT molecular complexity index is 450. The zero-order valence-electron chi connectivity index (χ0n) is 12.3. The SMILES string of the molecule is CCOCC(C)NC(=O)NCC(C(=O)O)c1ccccc1. The number of hydrogen-bond acceptors (Lipinski definition) is 3. The average Bonchev–Trinajstić information content (AvgIpc) is 2.46. The van der Waals surface area contributed by atoms with Gasteiger partial charge in [0, 0.05) is 13.2 Å². The van der Waals surface area contributed by atoms with Gasteiger partial charge >= 0.3 is 12.0 Å². The first kappa shape index (κ1) is 17.0. The number of nitrogens with one attached hydrogen (secondary N) is 2. The van der Waals surface area contributed by atoms with Crippen molar-refractivity contribution in [2.45, 2.75) is 25.8 Å². The number of rotatable bonds is 8. The lowest BCUT2D eigenvalue weighted by Crippen LogP contribution is -2.44. The molecule has 0 bridgehead atoms. The quantitative estimate of drug-likeness (QED) is 0.679. The van der Waals surface area contributed by atoms with Crippen LogP contribution in [0.4, 0.5) is 4.79 Å². The number of carboxylic acids is 1. The summed E-state index contributed by atoms with van der Waals surface area (Å²) in [5.74, 6) is -1.73. The van der Waals surface area contributed by atoms with E-state index in [0.717, 1.165) is 0 Å². The van der Waals surface area contributed by atoms with E-state index < -0.39 is 17.9 Å². The van der Waals surface area contributed by atoms with E-state index in [9.17, 15) is 14.7 Å². The highest BCUT2D eigenvalue weighted by atomic mass is 16.5. The van der Waals surface area contributed by atoms with Crippen LogP contribution in [0.5, 0.6) is 0 Å². The van der Waals surface area contributed by atoms with Crippen molar-refractivity contribution in [2.75, 3.05) is 19.8 Å². The Morgan fingerprint density at radius 2 is 1.95 bits per heavy atom. The van der Waals surface area contributed by atoms with Crippen LogP contribution in [0.1, 0.15) is 25.3 Å². The Kier molecular flexibility index (Phi) is 7.25. The molecule has 1 rings (SSSR count). The lowest BCUT2D eigenvalue weighted by Gasteiger charge is -2.17. The van der Waals surface area contributed by atoms with Gasteiger partial charge in [-0.3, -0.25) is 4.79 Å². The van der Waals surface area contributed by atoms with Crippen molar-refractivity contribution in [2.24, 2.45) is 0 Å². The summed E-state index contributed by atoms with van der Waals surface area (Å²) in [5.41, 5.74) is 0.660. The number of benzene rings is 1. The van der Waals surface area contributed by atoms with E-state index in [-0.39, 0.29) is 12.6 Å². The molecular formula is C15H22N2O4. The Balaban J connectivity index is 2.47. The van der Waals surface area contributed by atoms with Crippen LogP contribution in [0.2, 0.25) is 0 Å². The molecule has 116 valence electrons. The van der Waals surface area contributed by atoms with Gasteiger partial charge in [0.1, 0.15) is 0 Å². The number of urea groups is 1. The molecular weight excluding hydrogens is 272 g/mol. The second-order valence-electron chi connectivity index (χ2n) is 4.72. The summed E-state index contributed by atoms with van der Waals surface area (Å²) in [7, 11) is 0. The van der Waals surface area contributed by atoms with Crippen LogP contribution in [0.25, 0.3) is 0 Å². The number of carboxylic acid groups (broad SMARTS) is 1. The normalized spacial score (nSPS) is 13.2. The summed E-state index contributed by atoms with van der Waals surface area (Å²) < 4.78 is 5.19. The molecule has 0 aliphatic heterocycles. The minimum absolute atomic E-state index is 0.0343. The van der Waals surface area contributed by atoms with Gasteiger partial charge in [-0.25, -0.2) is 4.79 Å². The van der Waals surface area contributed by atoms with Crippen LogP contribution in [0, 0.1) is 0 Å². The zero-order chi connectivity index (χ0) is 15.7. The average molecular weight is 294 g/mol. The second kappa shape index (κ2) is 8.97. The van der Waals surface area contributed by atoms with Gasteiger partial charge in [-0.1, -0.05) is 30.3 Å². The van der Waals surface area contributed by atoms with Gasteiger partial charge < -0.3 is 20.5 Å². The van der Waals surface area contributed by atoms with Crippen molar-refractivity contribution in [3.63, 3.8) is 0 Å². The molecule has 0 radical (unpaired) electrons. The van der Waals surface area contributed by atoms with Gasteiger partial charge in [0.25, 0.3) is 0 Å². The molecule has 2 atom stereocenters. The van der Waals surface area contributed by atoms with Crippen LogP contribution in [0.3, 0.4) is 0 Å². The molecule has 0 aliphatic carbocycles. The summed E-state index contributed by atoms with van der Waals surface area (Å²) in [4.78, 5) is 23.0. The Hall–Kier alpha value is -2.08. The van der Waals surface area contributed by atoms with E-state index >= 15 is 0 Å². The number of amides is 2. The molecule has 0 aliphatic rings. The summed E-state index contributed by atoms with van der Waals surface area (Å²) in [6.07, 6.45) is 0. The number of ether oxygens (including phenoxy) is 1. The van der Waals surface area contributed by atoms with Gasteiger partial charge in [0.05, 0.1) is 18.6 Å². The Labute approximate surface area is 124 Å². The molecule has 0 saturated carbocycles. The molecule has 0 heterocycles. The molecule has 0 fully saturated rings. The first-order valence-electron chi connectivity index (χ1n) is 6.94. The van der Waals surface area contributed by atoms with E-state index in [2.05, 4.69) is 10.6 Å². The van der Waals surface area contributed by atoms with E-state index in [0.29, 0.717) is 18.8 Å². The zero-order valence-corrected chi connectivity index (χ0v) is 12.3. The highest BCUT2D eigenvalue weighted by molar-refractivity contribution is 5.79. The molecule has 1 aromatic rings. The maximum absolute atomic E-state index is 11.7. The standard InChI is InChI=1S/C15H22N2O4/c1-3-21-10-11(2)17-15(20)16-9-13(14(18)19)12-7-5-4-6-8-12/h4-8,11,13H,3,9-10H2,1-2H3,(H,18,19)(H2,16,17,20). The first-order valence-corrected chi connectivity index (χ1v) is 6.94. The molecule has 3 N–H and O–H groups in total. The number of aliphatic carboxylic acids is 1. The van der Waals surface area contributed by atoms with Crippen LogP contribution in [0.15, 0.2) is 30.3 Å². The fourth-order valence-corrected chi connectivity index (χ4v) is 1.84. The fraction of sp³-hybridized carbons (Fsp3) is 0.467. The Morgan fingerprint density at radius 3 is 2.52 bits per heavy atom. The molecule has 21 heavy (non-hydrogen) atoms. The lowest BCUT2D eigenvalue weighted by atomic mass is 9.99. The van der Waals surface area contributed by atoms with E-state index in [1.54, 1.807) is 24.3 Å². The third-order valence-corrected chi connectivity index (χ3v) is 2.92. The smallest absolute Gasteiger partial charge is 0.315 e. The molecule has 1 aromatic carbocycles. The van der Waals surface area contributed by atoms with Crippen LogP contribution >= 0.6 is 0 Å². The van der Waals surface area contributed by atoms with E-state index in [4.69, 9.17) is 4.74 Å². The molecule has 2 amide bonds. The van der Waals surface area contributed by atoms with Gasteiger partial charge in [-0.05, 0) is 19.4 Å². The summed E-state index contributed by atoms with van der Waals surface area (Å²) >= 11 is 0. The van der Waals surface area contributed by atoms with Crippen molar-refractivity contribution in [1.82, 2.24) is 10.6 Å². The topological polar surface area (TPSA) is 87.7 Å². The molecule has 6 nitrogen and oxygen atoms in total. The predicted molar refractivity (Wildman–Crippen MR) is 79.3 cm³/mol. The van der Waals surface area contributed by atoms with Crippen molar-refractivity contribution >= 4 is 12.0 Å². The summed E-state index contributed by atoms with van der Waals surface area (Å²) in [6.45, 7) is 4.74. The molecule has 0 spiro atoms. The molecule has 6 heteroatoms. The van der Waals surface area contributed by atoms with Crippen molar-refractivity contribution in [3.8, 4) is 0 Å². The van der Waals surface area contributed by atoms with Crippen LogP contribution in [-0.2, 0) is 9.53 Å². The van der Waals surface area contributed by atoms with Crippen LogP contribution in [-0.4, -0.2) is 42.9 Å². The summed E-state index contributed by atoms with van der Waals surface area (Å²) in [6, 6.07) is 8.30. The third kappa shape index (κ3) is 6.27. The van der Waals surface area contributed by atoms with Gasteiger partial charge in [-0.2, -0.15) is 0 Å². The van der Waals surface area contributed by atoms with Crippen LogP contribution < -0.4 is 10.6 Å². The maximum Gasteiger partial charge on any atom is 0.315 e. The predicted octanol–water partition coefficient (Wildman–Crippen LogP) is 1.58. The van der Waals surface area contributed by atoms with Crippen molar-refractivity contribution in [1.29, 1.82) is 0 Å². The molecule has 0 aromatic heterocycles. The second-order valence-corrected chi connectivity index (χ2v) is 4.72. The highest BCUT2D eigenvalue weighted by Crippen LogP contribution is 2.14. The van der Waals surface area contributed by atoms with E-state index in [1.807, 2.05) is 19.9 Å². The highest BCUT2D eigenvalue weighted by Gasteiger charge is 2.20. The Morgan fingerprint density at radius 1 is 1.29 bits per heavy atom.